The second-order valence-electron chi connectivity index (χ2n) is 5.30. The third-order valence-electron chi connectivity index (χ3n) is 3.68. The van der Waals surface area contributed by atoms with E-state index in [0.29, 0.717) is 32.2 Å². The molecule has 0 atom stereocenters. The summed E-state index contributed by atoms with van der Waals surface area (Å²) in [7, 11) is 0. The van der Waals surface area contributed by atoms with Crippen molar-refractivity contribution in [2.75, 3.05) is 26.4 Å². The van der Waals surface area contributed by atoms with Crippen LogP contribution in [0.4, 0.5) is 0 Å². The Morgan fingerprint density at radius 1 is 1.43 bits per heavy atom. The Kier molecular flexibility index (Phi) is 5.90. The molecule has 2 N–H and O–H groups in total. The molecule has 0 bridgehead atoms. The Morgan fingerprint density at radius 3 is 2.86 bits per heavy atom. The zero-order chi connectivity index (χ0) is 15.1. The molecular weight excluding hydrogens is 270 g/mol. The molecule has 2 rings (SSSR count). The van der Waals surface area contributed by atoms with Crippen molar-refractivity contribution in [2.45, 2.75) is 45.3 Å². The predicted molar refractivity (Wildman–Crippen MR) is 80.2 cm³/mol. The quantitative estimate of drug-likeness (QED) is 0.742. The Balaban J connectivity index is 2.25. The molecule has 21 heavy (non-hydrogen) atoms. The lowest BCUT2D eigenvalue weighted by molar-refractivity contribution is -0.118. The summed E-state index contributed by atoms with van der Waals surface area (Å²) < 4.78 is 11.4. The third-order valence-corrected chi connectivity index (χ3v) is 3.68. The number of ether oxygens (including phenoxy) is 2. The fourth-order valence-corrected chi connectivity index (χ4v) is 2.63. The molecule has 6 heteroatoms. The van der Waals surface area contributed by atoms with Crippen molar-refractivity contribution in [1.29, 1.82) is 0 Å². The van der Waals surface area contributed by atoms with Gasteiger partial charge in [-0.3, -0.25) is 4.79 Å². The lowest BCUT2D eigenvalue weighted by Crippen LogP contribution is -2.40. The molecule has 0 amide bonds. The fraction of sp³-hybridized carbons (Fsp3) is 0.733. The van der Waals surface area contributed by atoms with Crippen molar-refractivity contribution in [2.24, 2.45) is 0 Å². The van der Waals surface area contributed by atoms with Crippen LogP contribution in [0.25, 0.3) is 0 Å². The number of aromatic amines is 1. The molecule has 6 nitrogen and oxygen atoms in total. The van der Waals surface area contributed by atoms with Gasteiger partial charge in [-0.2, -0.15) is 0 Å². The number of nitrogens with zero attached hydrogens (tertiary/aromatic N) is 1. The van der Waals surface area contributed by atoms with Crippen LogP contribution in [0.1, 0.15) is 44.6 Å². The van der Waals surface area contributed by atoms with Gasteiger partial charge >= 0.3 is 0 Å². The normalized spacial score (nSPS) is 17.8. The van der Waals surface area contributed by atoms with Crippen LogP contribution in [0.2, 0.25) is 0 Å². The van der Waals surface area contributed by atoms with Crippen molar-refractivity contribution >= 4 is 0 Å². The van der Waals surface area contributed by atoms with Crippen LogP contribution in [-0.2, 0) is 21.6 Å². The molecule has 118 valence electrons. The molecule has 0 spiro atoms. The largest absolute Gasteiger partial charge is 0.381 e. The van der Waals surface area contributed by atoms with E-state index in [1.165, 1.54) is 0 Å². The minimum atomic E-state index is -0.521. The zero-order valence-corrected chi connectivity index (χ0v) is 12.9. The zero-order valence-electron chi connectivity index (χ0n) is 12.9. The van der Waals surface area contributed by atoms with Crippen LogP contribution in [-0.4, -0.2) is 36.3 Å². The topological polar surface area (TPSA) is 76.2 Å². The molecule has 1 aliphatic heterocycles. The standard InChI is InChI=1S/C15H25N3O3/c1-3-7-16-11-12-10-13(19)18-14(17-12)15(21-4-2)5-8-20-9-6-15/h10,16H,3-9,11H2,1-2H3,(H,17,18,19). The van der Waals surface area contributed by atoms with E-state index in [4.69, 9.17) is 9.47 Å². The van der Waals surface area contributed by atoms with Gasteiger partial charge in [-0.05, 0) is 19.9 Å². The van der Waals surface area contributed by atoms with Crippen molar-refractivity contribution in [1.82, 2.24) is 15.3 Å². The summed E-state index contributed by atoms with van der Waals surface area (Å²) in [6.07, 6.45) is 2.49. The number of nitrogens with one attached hydrogen (secondary N) is 2. The van der Waals surface area contributed by atoms with Gasteiger partial charge in [0, 0.05) is 45.3 Å². The van der Waals surface area contributed by atoms with E-state index < -0.39 is 5.60 Å². The summed E-state index contributed by atoms with van der Waals surface area (Å²) >= 11 is 0. The van der Waals surface area contributed by atoms with Gasteiger partial charge in [0.25, 0.3) is 5.56 Å². The average molecular weight is 295 g/mol. The molecule has 0 radical (unpaired) electrons. The molecule has 1 aliphatic rings. The minimum absolute atomic E-state index is 0.126. The summed E-state index contributed by atoms with van der Waals surface area (Å²) in [6, 6.07) is 1.55. The molecule has 1 saturated heterocycles. The van der Waals surface area contributed by atoms with E-state index in [2.05, 4.69) is 22.2 Å². The van der Waals surface area contributed by atoms with Crippen LogP contribution >= 0.6 is 0 Å². The number of hydrogen-bond acceptors (Lipinski definition) is 5. The Hall–Kier alpha value is -1.24. The highest BCUT2D eigenvalue weighted by atomic mass is 16.5. The molecule has 0 aromatic carbocycles. The van der Waals surface area contributed by atoms with Crippen LogP contribution < -0.4 is 10.9 Å². The van der Waals surface area contributed by atoms with Gasteiger partial charge in [0.2, 0.25) is 0 Å². The van der Waals surface area contributed by atoms with E-state index >= 15 is 0 Å². The molecule has 1 fully saturated rings. The molecule has 0 aliphatic carbocycles. The Labute approximate surface area is 125 Å². The number of hydrogen-bond donors (Lipinski definition) is 2. The van der Waals surface area contributed by atoms with Crippen molar-refractivity contribution in [3.63, 3.8) is 0 Å². The minimum Gasteiger partial charge on any atom is -0.381 e. The van der Waals surface area contributed by atoms with E-state index in [1.54, 1.807) is 6.07 Å². The highest BCUT2D eigenvalue weighted by molar-refractivity contribution is 5.10. The number of rotatable bonds is 7. The second kappa shape index (κ2) is 7.68. The Morgan fingerprint density at radius 2 is 2.19 bits per heavy atom. The maximum atomic E-state index is 11.9. The average Bonchev–Trinajstić information content (AvgIpc) is 2.48. The highest BCUT2D eigenvalue weighted by Crippen LogP contribution is 2.33. The first-order valence-corrected chi connectivity index (χ1v) is 7.73. The van der Waals surface area contributed by atoms with Crippen molar-refractivity contribution < 1.29 is 9.47 Å². The summed E-state index contributed by atoms with van der Waals surface area (Å²) in [5.41, 5.74) is 0.110. The number of aromatic nitrogens is 2. The number of H-pyrrole nitrogens is 1. The summed E-state index contributed by atoms with van der Waals surface area (Å²) in [6.45, 7) is 7.42. The van der Waals surface area contributed by atoms with Gasteiger partial charge < -0.3 is 19.8 Å². The maximum absolute atomic E-state index is 11.9. The van der Waals surface area contributed by atoms with E-state index in [0.717, 1.165) is 31.5 Å². The van der Waals surface area contributed by atoms with Crippen LogP contribution in [0.3, 0.4) is 0 Å². The first-order valence-electron chi connectivity index (χ1n) is 7.73. The van der Waals surface area contributed by atoms with Crippen LogP contribution in [0.5, 0.6) is 0 Å². The van der Waals surface area contributed by atoms with Crippen LogP contribution in [0, 0.1) is 0 Å². The van der Waals surface area contributed by atoms with Gasteiger partial charge in [0.15, 0.2) is 0 Å². The first kappa shape index (κ1) is 16.1. The summed E-state index contributed by atoms with van der Waals surface area (Å²) in [5, 5.41) is 3.27. The van der Waals surface area contributed by atoms with Crippen molar-refractivity contribution in [3.05, 3.63) is 27.9 Å². The van der Waals surface area contributed by atoms with E-state index in [1.807, 2.05) is 6.92 Å². The third kappa shape index (κ3) is 4.12. The molecule has 1 aromatic heterocycles. The van der Waals surface area contributed by atoms with Gasteiger partial charge in [-0.1, -0.05) is 6.92 Å². The second-order valence-corrected chi connectivity index (χ2v) is 5.30. The molecule has 2 heterocycles. The molecular formula is C15H25N3O3. The molecule has 0 saturated carbocycles. The SMILES string of the molecule is CCCNCc1cc(=O)[nH]c(C2(OCC)CCOCC2)n1. The lowest BCUT2D eigenvalue weighted by atomic mass is 9.92. The molecule has 0 unspecified atom stereocenters. The fourth-order valence-electron chi connectivity index (χ4n) is 2.63. The summed E-state index contributed by atoms with van der Waals surface area (Å²) in [5.74, 6) is 0.633. The molecule has 1 aromatic rings. The van der Waals surface area contributed by atoms with Gasteiger partial charge in [-0.15, -0.1) is 0 Å². The van der Waals surface area contributed by atoms with E-state index in [-0.39, 0.29) is 5.56 Å². The van der Waals surface area contributed by atoms with Crippen LogP contribution in [0.15, 0.2) is 10.9 Å². The first-order chi connectivity index (χ1) is 10.2. The maximum Gasteiger partial charge on any atom is 0.251 e. The van der Waals surface area contributed by atoms with Gasteiger partial charge in [-0.25, -0.2) is 4.98 Å². The monoisotopic (exact) mass is 295 g/mol. The van der Waals surface area contributed by atoms with Gasteiger partial charge in [0.1, 0.15) is 11.4 Å². The highest BCUT2D eigenvalue weighted by Gasteiger charge is 2.37. The van der Waals surface area contributed by atoms with Gasteiger partial charge in [0.05, 0.1) is 5.69 Å². The van der Waals surface area contributed by atoms with Crippen molar-refractivity contribution in [3.8, 4) is 0 Å². The van der Waals surface area contributed by atoms with E-state index in [9.17, 15) is 4.79 Å². The predicted octanol–water partition coefficient (Wildman–Crippen LogP) is 1.31. The smallest absolute Gasteiger partial charge is 0.251 e. The summed E-state index contributed by atoms with van der Waals surface area (Å²) in [4.78, 5) is 19.4. The Bertz CT molecular complexity index is 490. The lowest BCUT2D eigenvalue weighted by Gasteiger charge is -2.35.